The zero-order valence-corrected chi connectivity index (χ0v) is 6.32. The van der Waals surface area contributed by atoms with Crippen LogP contribution >= 0.6 is 0 Å². The summed E-state index contributed by atoms with van der Waals surface area (Å²) in [5.74, 6) is 0.594. The standard InChI is InChI=1S/C7H7BN2O2/c11-8-12-6-3-1-2-5-7(6)10-4-9-5/h1-4,8,11H,(H,9,10). The zero-order valence-electron chi connectivity index (χ0n) is 6.32. The molecule has 0 saturated heterocycles. The predicted octanol–water partition coefficient (Wildman–Crippen LogP) is 0.200. The average Bonchev–Trinajstić information content (AvgIpc) is 2.53. The number of rotatable bonds is 2. The van der Waals surface area contributed by atoms with E-state index in [0.29, 0.717) is 5.75 Å². The Morgan fingerprint density at radius 1 is 1.50 bits per heavy atom. The molecule has 0 aliphatic rings. The fourth-order valence-electron chi connectivity index (χ4n) is 1.12. The number of fused-ring (bicyclic) bond motifs is 1. The van der Waals surface area contributed by atoms with Gasteiger partial charge in [0, 0.05) is 0 Å². The lowest BCUT2D eigenvalue weighted by atomic mass is 10.3. The Hall–Kier alpha value is -1.49. The highest BCUT2D eigenvalue weighted by Gasteiger charge is 2.02. The molecular weight excluding hydrogens is 155 g/mol. The van der Waals surface area contributed by atoms with Crippen LogP contribution in [0.25, 0.3) is 11.0 Å². The molecule has 0 aliphatic heterocycles. The Morgan fingerprint density at radius 2 is 2.42 bits per heavy atom. The molecule has 4 nitrogen and oxygen atoms in total. The molecule has 0 radical (unpaired) electrons. The van der Waals surface area contributed by atoms with Crippen molar-refractivity contribution in [1.82, 2.24) is 9.97 Å². The number of aromatic nitrogens is 2. The lowest BCUT2D eigenvalue weighted by Gasteiger charge is -2.00. The van der Waals surface area contributed by atoms with Gasteiger partial charge in [-0.2, -0.15) is 0 Å². The van der Waals surface area contributed by atoms with Gasteiger partial charge >= 0.3 is 7.69 Å². The van der Waals surface area contributed by atoms with E-state index in [0.717, 1.165) is 11.0 Å². The number of aromatic amines is 1. The van der Waals surface area contributed by atoms with E-state index in [-0.39, 0.29) is 7.69 Å². The van der Waals surface area contributed by atoms with Crippen molar-refractivity contribution < 1.29 is 9.68 Å². The van der Waals surface area contributed by atoms with Crippen LogP contribution in [0.3, 0.4) is 0 Å². The van der Waals surface area contributed by atoms with E-state index < -0.39 is 0 Å². The van der Waals surface area contributed by atoms with Crippen molar-refractivity contribution in [2.24, 2.45) is 0 Å². The Balaban J connectivity index is 2.57. The summed E-state index contributed by atoms with van der Waals surface area (Å²) in [7, 11) is -0.327. The second kappa shape index (κ2) is 2.87. The predicted molar refractivity (Wildman–Crippen MR) is 46.1 cm³/mol. The van der Waals surface area contributed by atoms with E-state index >= 15 is 0 Å². The number of hydrogen-bond acceptors (Lipinski definition) is 3. The Morgan fingerprint density at radius 3 is 3.25 bits per heavy atom. The number of nitrogens with one attached hydrogen (secondary N) is 1. The van der Waals surface area contributed by atoms with Gasteiger partial charge in [0.2, 0.25) is 0 Å². The first kappa shape index (κ1) is 7.18. The molecule has 0 amide bonds. The van der Waals surface area contributed by atoms with Crippen LogP contribution in [0.1, 0.15) is 0 Å². The highest BCUT2D eigenvalue weighted by molar-refractivity contribution is 6.17. The SMILES string of the molecule is OBOc1cccc2[nH]cnc12. The van der Waals surface area contributed by atoms with Crippen LogP contribution in [0, 0.1) is 0 Å². The number of H-pyrrole nitrogens is 1. The van der Waals surface area contributed by atoms with E-state index in [1.165, 1.54) is 0 Å². The highest BCUT2D eigenvalue weighted by atomic mass is 16.5. The number of imidazole rings is 1. The zero-order chi connectivity index (χ0) is 8.39. The van der Waals surface area contributed by atoms with Crippen molar-refractivity contribution >= 4 is 18.7 Å². The summed E-state index contributed by atoms with van der Waals surface area (Å²) in [6, 6.07) is 5.50. The molecule has 2 N–H and O–H groups in total. The summed E-state index contributed by atoms with van der Waals surface area (Å²) in [5.41, 5.74) is 1.65. The number of benzene rings is 1. The minimum absolute atomic E-state index is 0.327. The molecule has 1 aromatic carbocycles. The maximum atomic E-state index is 8.56. The molecule has 1 aromatic heterocycles. The topological polar surface area (TPSA) is 58.1 Å². The van der Waals surface area contributed by atoms with Crippen molar-refractivity contribution in [3.63, 3.8) is 0 Å². The summed E-state index contributed by atoms with van der Waals surface area (Å²) in [6.07, 6.45) is 1.59. The largest absolute Gasteiger partial charge is 0.537 e. The first-order chi connectivity index (χ1) is 5.92. The summed E-state index contributed by atoms with van der Waals surface area (Å²) in [4.78, 5) is 6.99. The molecule has 0 unspecified atom stereocenters. The molecule has 2 aromatic rings. The lowest BCUT2D eigenvalue weighted by molar-refractivity contribution is 0.456. The minimum atomic E-state index is -0.327. The normalized spacial score (nSPS) is 10.1. The van der Waals surface area contributed by atoms with Gasteiger partial charge in [-0.1, -0.05) is 6.07 Å². The molecule has 0 fully saturated rings. The smallest absolute Gasteiger partial charge is 0.504 e. The van der Waals surface area contributed by atoms with Crippen LogP contribution in [0.5, 0.6) is 5.75 Å². The first-order valence-electron chi connectivity index (χ1n) is 3.57. The molecule has 12 heavy (non-hydrogen) atoms. The molecule has 5 heteroatoms. The Kier molecular flexibility index (Phi) is 1.71. The molecule has 0 bridgehead atoms. The van der Waals surface area contributed by atoms with Gasteiger partial charge in [0.15, 0.2) is 0 Å². The average molecular weight is 162 g/mol. The van der Waals surface area contributed by atoms with E-state index in [4.69, 9.17) is 9.68 Å². The maximum absolute atomic E-state index is 8.56. The van der Waals surface area contributed by atoms with E-state index in [1.54, 1.807) is 12.4 Å². The molecule has 1 heterocycles. The van der Waals surface area contributed by atoms with Gasteiger partial charge in [-0.05, 0) is 12.1 Å². The minimum Gasteiger partial charge on any atom is -0.537 e. The lowest BCUT2D eigenvalue weighted by Crippen LogP contribution is -1.99. The quantitative estimate of drug-likeness (QED) is 0.620. The van der Waals surface area contributed by atoms with Gasteiger partial charge in [0.1, 0.15) is 11.3 Å². The monoisotopic (exact) mass is 162 g/mol. The van der Waals surface area contributed by atoms with Gasteiger partial charge in [0.25, 0.3) is 0 Å². The number of hydrogen-bond donors (Lipinski definition) is 2. The van der Waals surface area contributed by atoms with Crippen molar-refractivity contribution in [2.45, 2.75) is 0 Å². The molecule has 2 rings (SSSR count). The molecular formula is C7H7BN2O2. The van der Waals surface area contributed by atoms with Crippen molar-refractivity contribution in [3.8, 4) is 5.75 Å². The highest BCUT2D eigenvalue weighted by Crippen LogP contribution is 2.21. The van der Waals surface area contributed by atoms with Crippen LogP contribution < -0.4 is 4.65 Å². The summed E-state index contributed by atoms with van der Waals surface area (Å²) >= 11 is 0. The third-order valence-corrected chi connectivity index (χ3v) is 1.63. The van der Waals surface area contributed by atoms with Crippen molar-refractivity contribution in [2.75, 3.05) is 0 Å². The molecule has 0 spiro atoms. The van der Waals surface area contributed by atoms with E-state index in [9.17, 15) is 0 Å². The van der Waals surface area contributed by atoms with Crippen LogP contribution in [0.4, 0.5) is 0 Å². The van der Waals surface area contributed by atoms with Crippen LogP contribution in [-0.2, 0) is 0 Å². The summed E-state index contributed by atoms with van der Waals surface area (Å²) in [6.45, 7) is 0. The van der Waals surface area contributed by atoms with Gasteiger partial charge in [-0.3, -0.25) is 0 Å². The van der Waals surface area contributed by atoms with Crippen LogP contribution in [0.2, 0.25) is 0 Å². The number of nitrogens with zero attached hydrogens (tertiary/aromatic N) is 1. The molecule has 0 aliphatic carbocycles. The van der Waals surface area contributed by atoms with E-state index in [2.05, 4.69) is 9.97 Å². The van der Waals surface area contributed by atoms with Gasteiger partial charge in [-0.15, -0.1) is 0 Å². The van der Waals surface area contributed by atoms with Crippen molar-refractivity contribution in [1.29, 1.82) is 0 Å². The Labute approximate surface area is 69.5 Å². The third kappa shape index (κ3) is 1.04. The molecule has 60 valence electrons. The third-order valence-electron chi connectivity index (χ3n) is 1.63. The summed E-state index contributed by atoms with van der Waals surface area (Å²) in [5, 5.41) is 8.56. The van der Waals surface area contributed by atoms with Crippen LogP contribution in [0.15, 0.2) is 24.5 Å². The maximum Gasteiger partial charge on any atom is 0.504 e. The van der Waals surface area contributed by atoms with Crippen LogP contribution in [-0.4, -0.2) is 22.7 Å². The van der Waals surface area contributed by atoms with E-state index in [1.807, 2.05) is 12.1 Å². The molecule has 0 atom stereocenters. The fourth-order valence-corrected chi connectivity index (χ4v) is 1.12. The Bertz CT molecular complexity index is 388. The number of para-hydroxylation sites is 1. The van der Waals surface area contributed by atoms with Gasteiger partial charge in [-0.25, -0.2) is 4.98 Å². The van der Waals surface area contributed by atoms with Crippen molar-refractivity contribution in [3.05, 3.63) is 24.5 Å². The fraction of sp³-hybridized carbons (Fsp3) is 0. The second-order valence-corrected chi connectivity index (χ2v) is 2.33. The van der Waals surface area contributed by atoms with Gasteiger partial charge < -0.3 is 14.7 Å². The first-order valence-corrected chi connectivity index (χ1v) is 3.57. The van der Waals surface area contributed by atoms with Gasteiger partial charge in [0.05, 0.1) is 11.8 Å². The second-order valence-electron chi connectivity index (χ2n) is 2.33. The summed E-state index contributed by atoms with van der Waals surface area (Å²) < 4.78 is 4.95. The molecule has 0 saturated carbocycles.